The van der Waals surface area contributed by atoms with Crippen molar-refractivity contribution in [3.05, 3.63) is 34.9 Å². The third-order valence-corrected chi connectivity index (χ3v) is 3.55. The zero-order valence-corrected chi connectivity index (χ0v) is 12.0. The molecule has 0 bridgehead atoms. The summed E-state index contributed by atoms with van der Waals surface area (Å²) in [5.41, 5.74) is 3.78. The van der Waals surface area contributed by atoms with Crippen molar-refractivity contribution in [3.8, 4) is 0 Å². The minimum atomic E-state index is -0.0612. The summed E-state index contributed by atoms with van der Waals surface area (Å²) in [7, 11) is 0. The van der Waals surface area contributed by atoms with Crippen LogP contribution in [0.5, 0.6) is 0 Å². The largest absolute Gasteiger partial charge is 0.298 e. The van der Waals surface area contributed by atoms with E-state index in [1.54, 1.807) is 0 Å². The number of rotatable bonds is 4. The number of hydrogen-bond donors (Lipinski definition) is 0. The summed E-state index contributed by atoms with van der Waals surface area (Å²) in [6, 6.07) is 6.38. The molecule has 0 spiro atoms. The van der Waals surface area contributed by atoms with Crippen LogP contribution in [0.1, 0.15) is 30.5 Å². The van der Waals surface area contributed by atoms with Gasteiger partial charge in [-0.25, -0.2) is 0 Å². The molecule has 0 radical (unpaired) electrons. The summed E-state index contributed by atoms with van der Waals surface area (Å²) in [6.45, 7) is 8.07. The van der Waals surface area contributed by atoms with Gasteiger partial charge in [0.1, 0.15) is 5.78 Å². The van der Waals surface area contributed by atoms with Gasteiger partial charge in [-0.3, -0.25) is 4.79 Å². The highest BCUT2D eigenvalue weighted by atomic mass is 79.9. The topological polar surface area (TPSA) is 17.1 Å². The average molecular weight is 283 g/mol. The maximum Gasteiger partial charge on any atom is 0.149 e. The Morgan fingerprint density at radius 2 is 1.94 bits per heavy atom. The fraction of sp³-hybridized carbons (Fsp3) is 0.500. The molecule has 2 heteroatoms. The number of Topliss-reactive ketones (excluding diaryl/α,β-unsaturated/α-hetero) is 1. The number of ketones is 1. The van der Waals surface area contributed by atoms with Gasteiger partial charge in [0.15, 0.2) is 0 Å². The lowest BCUT2D eigenvalue weighted by Crippen LogP contribution is -2.22. The van der Waals surface area contributed by atoms with E-state index in [2.05, 4.69) is 48.0 Å². The molecule has 0 aromatic heterocycles. The van der Waals surface area contributed by atoms with Gasteiger partial charge in [-0.1, -0.05) is 53.5 Å². The number of carbonyl (C=O) groups is 1. The first-order valence-electron chi connectivity index (χ1n) is 5.65. The smallest absolute Gasteiger partial charge is 0.149 e. The SMILES string of the molecule is Cc1ccc(CC(Br)C(=O)C(C)C)c(C)c1. The summed E-state index contributed by atoms with van der Waals surface area (Å²) in [4.78, 5) is 11.7. The Kier molecular flexibility index (Phi) is 4.72. The van der Waals surface area contributed by atoms with E-state index in [0.717, 1.165) is 6.42 Å². The van der Waals surface area contributed by atoms with Crippen molar-refractivity contribution in [3.63, 3.8) is 0 Å². The fourth-order valence-corrected chi connectivity index (χ4v) is 2.61. The van der Waals surface area contributed by atoms with E-state index >= 15 is 0 Å². The van der Waals surface area contributed by atoms with E-state index in [1.807, 2.05) is 13.8 Å². The molecule has 0 aliphatic carbocycles. The Bertz CT molecular complexity index is 382. The Morgan fingerprint density at radius 1 is 1.31 bits per heavy atom. The van der Waals surface area contributed by atoms with Crippen LogP contribution in [0.25, 0.3) is 0 Å². The van der Waals surface area contributed by atoms with Gasteiger partial charge in [-0.15, -0.1) is 0 Å². The van der Waals surface area contributed by atoms with Crippen molar-refractivity contribution in [2.45, 2.75) is 38.9 Å². The van der Waals surface area contributed by atoms with Crippen LogP contribution in [-0.4, -0.2) is 10.6 Å². The quantitative estimate of drug-likeness (QED) is 0.767. The second-order valence-corrected chi connectivity index (χ2v) is 5.76. The number of hydrogen-bond acceptors (Lipinski definition) is 1. The van der Waals surface area contributed by atoms with Crippen LogP contribution >= 0.6 is 15.9 Å². The number of carbonyl (C=O) groups excluding carboxylic acids is 1. The number of benzene rings is 1. The predicted octanol–water partition coefficient (Wildman–Crippen LogP) is 3.83. The van der Waals surface area contributed by atoms with Crippen molar-refractivity contribution in [2.24, 2.45) is 5.92 Å². The van der Waals surface area contributed by atoms with Gasteiger partial charge in [-0.2, -0.15) is 0 Å². The van der Waals surface area contributed by atoms with E-state index in [1.165, 1.54) is 16.7 Å². The van der Waals surface area contributed by atoms with E-state index in [0.29, 0.717) is 0 Å². The lowest BCUT2D eigenvalue weighted by atomic mass is 9.97. The van der Waals surface area contributed by atoms with Gasteiger partial charge in [0.2, 0.25) is 0 Å². The van der Waals surface area contributed by atoms with Gasteiger partial charge < -0.3 is 0 Å². The van der Waals surface area contributed by atoms with Crippen LogP contribution in [0.4, 0.5) is 0 Å². The number of aryl methyl sites for hydroxylation is 2. The molecule has 0 saturated heterocycles. The third-order valence-electron chi connectivity index (χ3n) is 2.77. The predicted molar refractivity (Wildman–Crippen MR) is 72.2 cm³/mol. The highest BCUT2D eigenvalue weighted by Gasteiger charge is 2.18. The average Bonchev–Trinajstić information content (AvgIpc) is 2.20. The van der Waals surface area contributed by atoms with Gasteiger partial charge in [0, 0.05) is 5.92 Å². The molecular weight excluding hydrogens is 264 g/mol. The molecule has 1 rings (SSSR count). The molecular formula is C14H19BrO. The van der Waals surface area contributed by atoms with Gasteiger partial charge in [-0.05, 0) is 31.4 Å². The molecule has 0 aliphatic heterocycles. The van der Waals surface area contributed by atoms with E-state index < -0.39 is 0 Å². The molecule has 0 heterocycles. The maximum absolute atomic E-state index is 11.8. The Balaban J connectivity index is 2.77. The second kappa shape index (κ2) is 5.62. The second-order valence-electron chi connectivity index (χ2n) is 4.66. The molecule has 88 valence electrons. The minimum absolute atomic E-state index is 0.0612. The van der Waals surface area contributed by atoms with Gasteiger partial charge in [0.25, 0.3) is 0 Å². The Labute approximate surface area is 106 Å². The van der Waals surface area contributed by atoms with E-state index in [-0.39, 0.29) is 16.5 Å². The number of halogens is 1. The van der Waals surface area contributed by atoms with Crippen LogP contribution < -0.4 is 0 Å². The summed E-state index contributed by atoms with van der Waals surface area (Å²) < 4.78 is 0. The molecule has 1 unspecified atom stereocenters. The third kappa shape index (κ3) is 3.44. The Hall–Kier alpha value is -0.630. The monoisotopic (exact) mass is 282 g/mol. The van der Waals surface area contributed by atoms with Crippen molar-refractivity contribution in [1.29, 1.82) is 0 Å². The number of alkyl halides is 1. The zero-order chi connectivity index (χ0) is 12.3. The highest BCUT2D eigenvalue weighted by molar-refractivity contribution is 9.10. The van der Waals surface area contributed by atoms with Crippen molar-refractivity contribution in [2.75, 3.05) is 0 Å². The standard InChI is InChI=1S/C14H19BrO/c1-9(2)14(16)13(15)8-12-6-5-10(3)7-11(12)4/h5-7,9,13H,8H2,1-4H3. The molecule has 1 aromatic carbocycles. The van der Waals surface area contributed by atoms with Crippen LogP contribution in [0.15, 0.2) is 18.2 Å². The molecule has 1 atom stereocenters. The van der Waals surface area contributed by atoms with Gasteiger partial charge >= 0.3 is 0 Å². The van der Waals surface area contributed by atoms with Crippen molar-refractivity contribution >= 4 is 21.7 Å². The van der Waals surface area contributed by atoms with Crippen LogP contribution in [-0.2, 0) is 11.2 Å². The lowest BCUT2D eigenvalue weighted by Gasteiger charge is -2.13. The van der Waals surface area contributed by atoms with E-state index in [9.17, 15) is 4.79 Å². The first kappa shape index (κ1) is 13.4. The molecule has 0 fully saturated rings. The zero-order valence-electron chi connectivity index (χ0n) is 10.4. The minimum Gasteiger partial charge on any atom is -0.298 e. The molecule has 0 aliphatic rings. The van der Waals surface area contributed by atoms with Crippen molar-refractivity contribution in [1.82, 2.24) is 0 Å². The van der Waals surface area contributed by atoms with Crippen LogP contribution in [0.2, 0.25) is 0 Å². The van der Waals surface area contributed by atoms with Gasteiger partial charge in [0.05, 0.1) is 4.83 Å². The Morgan fingerprint density at radius 3 is 2.44 bits per heavy atom. The molecule has 1 nitrogen and oxygen atoms in total. The van der Waals surface area contributed by atoms with E-state index in [4.69, 9.17) is 0 Å². The molecule has 16 heavy (non-hydrogen) atoms. The summed E-state index contributed by atoms with van der Waals surface area (Å²) in [6.07, 6.45) is 0.781. The van der Waals surface area contributed by atoms with Crippen LogP contribution in [0, 0.1) is 19.8 Å². The maximum atomic E-state index is 11.8. The summed E-state index contributed by atoms with van der Waals surface area (Å²) >= 11 is 3.48. The normalized spacial score (nSPS) is 12.9. The molecule has 0 saturated carbocycles. The summed E-state index contributed by atoms with van der Waals surface area (Å²) in [5.74, 6) is 0.370. The van der Waals surface area contributed by atoms with Crippen LogP contribution in [0.3, 0.4) is 0 Å². The van der Waals surface area contributed by atoms with Crippen molar-refractivity contribution < 1.29 is 4.79 Å². The fourth-order valence-electron chi connectivity index (χ4n) is 1.73. The lowest BCUT2D eigenvalue weighted by molar-refractivity contribution is -0.121. The molecule has 0 N–H and O–H groups in total. The summed E-state index contributed by atoms with van der Waals surface area (Å²) in [5, 5.41) is 0. The first-order chi connectivity index (χ1) is 7.41. The first-order valence-corrected chi connectivity index (χ1v) is 6.57. The molecule has 0 amide bonds. The molecule has 1 aromatic rings. The highest BCUT2D eigenvalue weighted by Crippen LogP contribution is 2.18.